The molecule has 1 atom stereocenters. The molecule has 1 aromatic heterocycles. The van der Waals surface area contributed by atoms with Gasteiger partial charge in [0.05, 0.1) is 5.75 Å². The molecule has 0 spiro atoms. The van der Waals surface area contributed by atoms with E-state index in [0.29, 0.717) is 6.54 Å². The van der Waals surface area contributed by atoms with Gasteiger partial charge in [-0.3, -0.25) is 0 Å². The molecule has 2 rings (SSSR count). The molecule has 0 amide bonds. The van der Waals surface area contributed by atoms with Crippen molar-refractivity contribution >= 4 is 21.4 Å². The van der Waals surface area contributed by atoms with Gasteiger partial charge in [0, 0.05) is 12.6 Å². The largest absolute Gasteiger partial charge is 0.313 e. The summed E-state index contributed by atoms with van der Waals surface area (Å²) >= 11 is 1.64. The Morgan fingerprint density at radius 1 is 1.44 bits per heavy atom. The van der Waals surface area contributed by atoms with E-state index >= 15 is 0 Å². The quantitative estimate of drug-likeness (QED) is 0.831. The summed E-state index contributed by atoms with van der Waals surface area (Å²) < 4.78 is 26.4. The molecular formula is C12H20N2O2S2. The number of hydrogen-bond acceptors (Lipinski definition) is 4. The van der Waals surface area contributed by atoms with E-state index in [4.69, 9.17) is 0 Å². The van der Waals surface area contributed by atoms with Gasteiger partial charge in [-0.1, -0.05) is 6.42 Å². The normalized spacial score (nSPS) is 21.0. The molecule has 4 nitrogen and oxygen atoms in total. The zero-order valence-corrected chi connectivity index (χ0v) is 12.0. The van der Waals surface area contributed by atoms with Crippen LogP contribution in [0.15, 0.2) is 16.8 Å². The average Bonchev–Trinajstić information content (AvgIpc) is 2.82. The molecule has 1 aliphatic rings. The van der Waals surface area contributed by atoms with Gasteiger partial charge in [-0.05, 0) is 48.2 Å². The Morgan fingerprint density at radius 3 is 3.00 bits per heavy atom. The van der Waals surface area contributed by atoms with E-state index in [9.17, 15) is 8.42 Å². The first-order valence-electron chi connectivity index (χ1n) is 6.37. The third kappa shape index (κ3) is 4.68. The van der Waals surface area contributed by atoms with Crippen LogP contribution in [0, 0.1) is 0 Å². The lowest BCUT2D eigenvalue weighted by molar-refractivity contribution is 0.422. The van der Waals surface area contributed by atoms with Crippen LogP contribution in [0.4, 0.5) is 0 Å². The van der Waals surface area contributed by atoms with Crippen molar-refractivity contribution in [3.63, 3.8) is 0 Å². The fraction of sp³-hybridized carbons (Fsp3) is 0.667. The highest BCUT2D eigenvalue weighted by Crippen LogP contribution is 2.09. The lowest BCUT2D eigenvalue weighted by Gasteiger charge is -2.23. The summed E-state index contributed by atoms with van der Waals surface area (Å²) in [5.41, 5.74) is 1.19. The number of hydrogen-bond donors (Lipinski definition) is 2. The van der Waals surface area contributed by atoms with Crippen LogP contribution in [0.5, 0.6) is 0 Å². The maximum absolute atomic E-state index is 11.9. The van der Waals surface area contributed by atoms with Crippen LogP contribution in [0.2, 0.25) is 0 Å². The molecule has 0 aromatic carbocycles. The Kier molecular flexibility index (Phi) is 5.17. The number of piperidine rings is 1. The number of thiophene rings is 1. The summed E-state index contributed by atoms with van der Waals surface area (Å²) in [6, 6.07) is 2.15. The molecular weight excluding hydrogens is 268 g/mol. The van der Waals surface area contributed by atoms with Crippen molar-refractivity contribution in [2.75, 3.05) is 18.8 Å². The van der Waals surface area contributed by atoms with Crippen molar-refractivity contribution in [2.45, 2.75) is 31.7 Å². The summed E-state index contributed by atoms with van der Waals surface area (Å²) in [6.45, 7) is 1.43. The molecule has 1 unspecified atom stereocenters. The first-order valence-corrected chi connectivity index (χ1v) is 8.97. The van der Waals surface area contributed by atoms with Crippen LogP contribution in [-0.4, -0.2) is 33.3 Å². The van der Waals surface area contributed by atoms with Crippen molar-refractivity contribution in [3.8, 4) is 0 Å². The third-order valence-corrected chi connectivity index (χ3v) is 5.37. The maximum atomic E-state index is 11.9. The van der Waals surface area contributed by atoms with Crippen LogP contribution in [0.1, 0.15) is 24.8 Å². The number of rotatable bonds is 6. The van der Waals surface area contributed by atoms with Gasteiger partial charge < -0.3 is 5.32 Å². The van der Waals surface area contributed by atoms with Gasteiger partial charge in [-0.15, -0.1) is 0 Å². The Morgan fingerprint density at radius 2 is 2.33 bits per heavy atom. The topological polar surface area (TPSA) is 58.2 Å². The van der Waals surface area contributed by atoms with Gasteiger partial charge in [0.25, 0.3) is 0 Å². The number of sulfonamides is 1. The van der Waals surface area contributed by atoms with Crippen LogP contribution in [0.3, 0.4) is 0 Å². The van der Waals surface area contributed by atoms with Gasteiger partial charge in [0.15, 0.2) is 0 Å². The highest BCUT2D eigenvalue weighted by Gasteiger charge is 2.20. The summed E-state index contributed by atoms with van der Waals surface area (Å²) in [4.78, 5) is 0. The van der Waals surface area contributed by atoms with Gasteiger partial charge >= 0.3 is 0 Å². The summed E-state index contributed by atoms with van der Waals surface area (Å²) in [6.07, 6.45) is 4.01. The van der Waals surface area contributed by atoms with E-state index in [1.807, 2.05) is 11.4 Å². The van der Waals surface area contributed by atoms with E-state index in [0.717, 1.165) is 32.2 Å². The molecule has 0 radical (unpaired) electrons. The lowest BCUT2D eigenvalue weighted by atomic mass is 10.1. The SMILES string of the molecule is O=S(=O)(CC1CCCCN1)NCCc1ccsc1. The fourth-order valence-electron chi connectivity index (χ4n) is 2.18. The van der Waals surface area contributed by atoms with Crippen LogP contribution >= 0.6 is 11.3 Å². The van der Waals surface area contributed by atoms with E-state index in [2.05, 4.69) is 15.4 Å². The Labute approximate surface area is 113 Å². The molecule has 0 bridgehead atoms. The van der Waals surface area contributed by atoms with Crippen molar-refractivity contribution < 1.29 is 8.42 Å². The molecule has 0 aliphatic carbocycles. The molecule has 6 heteroatoms. The smallest absolute Gasteiger partial charge is 0.213 e. The second kappa shape index (κ2) is 6.65. The second-order valence-corrected chi connectivity index (χ2v) is 7.34. The molecule has 102 valence electrons. The lowest BCUT2D eigenvalue weighted by Crippen LogP contribution is -2.42. The third-order valence-electron chi connectivity index (χ3n) is 3.15. The minimum atomic E-state index is -3.14. The number of nitrogens with one attached hydrogen (secondary N) is 2. The summed E-state index contributed by atoms with van der Waals surface area (Å²) in [5.74, 6) is 0.205. The zero-order valence-electron chi connectivity index (χ0n) is 10.4. The molecule has 1 aliphatic heterocycles. The second-order valence-electron chi connectivity index (χ2n) is 4.70. The predicted octanol–water partition coefficient (Wildman–Crippen LogP) is 1.35. The summed E-state index contributed by atoms with van der Waals surface area (Å²) in [7, 11) is -3.14. The minimum absolute atomic E-state index is 0.123. The zero-order chi connectivity index (χ0) is 12.8. The fourth-order valence-corrected chi connectivity index (χ4v) is 4.22. The van der Waals surface area contributed by atoms with Gasteiger partial charge in [-0.2, -0.15) is 11.3 Å². The molecule has 18 heavy (non-hydrogen) atoms. The Hall–Kier alpha value is -0.430. The standard InChI is InChI=1S/C12H20N2O2S2/c15-18(16,10-12-3-1-2-6-13-12)14-7-4-11-5-8-17-9-11/h5,8-9,12-14H,1-4,6-7,10H2. The van der Waals surface area contributed by atoms with Crippen LogP contribution < -0.4 is 10.0 Å². The molecule has 2 N–H and O–H groups in total. The summed E-state index contributed by atoms with van der Waals surface area (Å²) in [5, 5.41) is 7.32. The molecule has 1 fully saturated rings. The van der Waals surface area contributed by atoms with Crippen LogP contribution in [-0.2, 0) is 16.4 Å². The van der Waals surface area contributed by atoms with Crippen molar-refractivity contribution in [1.29, 1.82) is 0 Å². The Balaban J connectivity index is 1.73. The highest BCUT2D eigenvalue weighted by atomic mass is 32.2. The Bertz CT molecular complexity index is 437. The average molecular weight is 288 g/mol. The van der Waals surface area contributed by atoms with Crippen molar-refractivity contribution in [3.05, 3.63) is 22.4 Å². The van der Waals surface area contributed by atoms with Crippen molar-refractivity contribution in [2.24, 2.45) is 0 Å². The van der Waals surface area contributed by atoms with Crippen molar-refractivity contribution in [1.82, 2.24) is 10.0 Å². The molecule has 2 heterocycles. The van der Waals surface area contributed by atoms with Gasteiger partial charge in [0.1, 0.15) is 0 Å². The van der Waals surface area contributed by atoms with E-state index in [-0.39, 0.29) is 11.8 Å². The minimum Gasteiger partial charge on any atom is -0.313 e. The van der Waals surface area contributed by atoms with Gasteiger partial charge in [0.2, 0.25) is 10.0 Å². The highest BCUT2D eigenvalue weighted by molar-refractivity contribution is 7.89. The monoisotopic (exact) mass is 288 g/mol. The van der Waals surface area contributed by atoms with Gasteiger partial charge in [-0.25, -0.2) is 13.1 Å². The van der Waals surface area contributed by atoms with Crippen LogP contribution in [0.25, 0.3) is 0 Å². The van der Waals surface area contributed by atoms with E-state index in [1.54, 1.807) is 11.3 Å². The first kappa shape index (κ1) is 14.0. The molecule has 0 saturated carbocycles. The molecule has 1 aromatic rings. The molecule has 1 saturated heterocycles. The maximum Gasteiger partial charge on any atom is 0.213 e. The predicted molar refractivity (Wildman–Crippen MR) is 75.5 cm³/mol. The van der Waals surface area contributed by atoms with E-state index in [1.165, 1.54) is 5.56 Å². The first-order chi connectivity index (χ1) is 8.66. The van der Waals surface area contributed by atoms with E-state index < -0.39 is 10.0 Å².